The summed E-state index contributed by atoms with van der Waals surface area (Å²) in [7, 11) is 0. The lowest BCUT2D eigenvalue weighted by Gasteiger charge is -1.98. The van der Waals surface area contributed by atoms with Crippen LogP contribution in [0.4, 0.5) is 0 Å². The fraction of sp³-hybridized carbons (Fsp3) is 0.667. The van der Waals surface area contributed by atoms with Gasteiger partial charge in [-0.05, 0) is 6.92 Å². The Morgan fingerprint density at radius 3 is 2.44 bits per heavy atom. The van der Waals surface area contributed by atoms with Crippen LogP contribution in [0.15, 0.2) is 0 Å². The van der Waals surface area contributed by atoms with Crippen LogP contribution >= 0.6 is 0 Å². The first kappa shape index (κ1) is 7.67. The Balaban J connectivity index is 3.63. The molecule has 0 aromatic heterocycles. The Bertz CT molecular complexity index is 134. The molecule has 6 nitrogen and oxygen atoms in total. The van der Waals surface area contributed by atoms with Crippen molar-refractivity contribution in [3.05, 3.63) is 10.1 Å². The average Bonchev–Trinajstić information content (AvgIpc) is 1.63. The van der Waals surface area contributed by atoms with Crippen LogP contribution in [0.5, 0.6) is 0 Å². The zero-order valence-corrected chi connectivity index (χ0v) is 4.70. The van der Waals surface area contributed by atoms with Crippen LogP contribution in [0, 0.1) is 10.1 Å². The molecular formula is C3H6N2O4. The van der Waals surface area contributed by atoms with Gasteiger partial charge in [0, 0.05) is 0 Å². The summed E-state index contributed by atoms with van der Waals surface area (Å²) in [6, 6.07) is -1.14. The number of hydrazine groups is 1. The van der Waals surface area contributed by atoms with Crippen molar-refractivity contribution in [2.24, 2.45) is 0 Å². The van der Waals surface area contributed by atoms with E-state index in [1.165, 1.54) is 6.92 Å². The SMILES string of the molecule is C[C@H](N[N+](=O)[O-])C(=O)O. The van der Waals surface area contributed by atoms with E-state index in [0.717, 1.165) is 0 Å². The molecule has 0 spiro atoms. The highest BCUT2D eigenvalue weighted by atomic mass is 16.7. The van der Waals surface area contributed by atoms with Crippen molar-refractivity contribution in [3.63, 3.8) is 0 Å². The van der Waals surface area contributed by atoms with Crippen LogP contribution in [0.3, 0.4) is 0 Å². The number of hydrogen-bond acceptors (Lipinski definition) is 3. The molecular weight excluding hydrogens is 128 g/mol. The Kier molecular flexibility index (Phi) is 2.43. The van der Waals surface area contributed by atoms with Crippen molar-refractivity contribution in [2.45, 2.75) is 13.0 Å². The Morgan fingerprint density at radius 2 is 2.33 bits per heavy atom. The molecule has 2 N–H and O–H groups in total. The number of carbonyl (C=O) groups is 1. The maximum absolute atomic E-state index is 9.87. The number of aliphatic carboxylic acids is 1. The van der Waals surface area contributed by atoms with Crippen molar-refractivity contribution in [2.75, 3.05) is 0 Å². The largest absolute Gasteiger partial charge is 0.480 e. The molecule has 0 aliphatic heterocycles. The van der Waals surface area contributed by atoms with Crippen LogP contribution < -0.4 is 5.43 Å². The van der Waals surface area contributed by atoms with Gasteiger partial charge in [0.2, 0.25) is 0 Å². The summed E-state index contributed by atoms with van der Waals surface area (Å²) in [5.41, 5.74) is 1.56. The highest BCUT2D eigenvalue weighted by Crippen LogP contribution is 1.78. The number of nitrogens with one attached hydrogen (secondary N) is 1. The second-order valence-electron chi connectivity index (χ2n) is 1.45. The molecule has 52 valence electrons. The zero-order chi connectivity index (χ0) is 7.44. The van der Waals surface area contributed by atoms with Crippen LogP contribution in [0.25, 0.3) is 0 Å². The van der Waals surface area contributed by atoms with Crippen molar-refractivity contribution in [1.29, 1.82) is 0 Å². The van der Waals surface area contributed by atoms with E-state index in [1.807, 2.05) is 0 Å². The van der Waals surface area contributed by atoms with Gasteiger partial charge in [-0.25, -0.2) is 14.9 Å². The molecule has 0 unspecified atom stereocenters. The minimum atomic E-state index is -1.24. The molecule has 0 amide bonds. The van der Waals surface area contributed by atoms with E-state index in [0.29, 0.717) is 0 Å². The molecule has 6 heteroatoms. The zero-order valence-electron chi connectivity index (χ0n) is 4.70. The molecule has 0 aromatic rings. The van der Waals surface area contributed by atoms with Gasteiger partial charge in [0.25, 0.3) is 0 Å². The van der Waals surface area contributed by atoms with Crippen LogP contribution in [0.2, 0.25) is 0 Å². The minimum absolute atomic E-state index is 0.890. The topological polar surface area (TPSA) is 92.5 Å². The summed E-state index contributed by atoms with van der Waals surface area (Å²) >= 11 is 0. The first-order valence-electron chi connectivity index (χ1n) is 2.17. The second kappa shape index (κ2) is 2.85. The summed E-state index contributed by atoms with van der Waals surface area (Å²) in [5.74, 6) is -1.24. The Labute approximate surface area is 50.6 Å². The number of nitro groups is 1. The van der Waals surface area contributed by atoms with E-state index in [9.17, 15) is 14.9 Å². The standard InChI is InChI=1S/C3H6N2O4/c1-2(3(6)7)4-5(8)9/h2,4H,1H3,(H,6,7)/t2-/m0/s1. The summed E-state index contributed by atoms with van der Waals surface area (Å²) < 4.78 is 0. The third-order valence-electron chi connectivity index (χ3n) is 0.669. The smallest absolute Gasteiger partial charge is 0.331 e. The van der Waals surface area contributed by atoms with Crippen LogP contribution in [-0.4, -0.2) is 22.1 Å². The Hall–Kier alpha value is -1.33. The third-order valence-corrected chi connectivity index (χ3v) is 0.669. The third kappa shape index (κ3) is 3.27. The quantitative estimate of drug-likeness (QED) is 0.391. The molecule has 0 bridgehead atoms. The molecule has 0 aliphatic carbocycles. The van der Waals surface area contributed by atoms with Gasteiger partial charge in [-0.15, -0.1) is 5.43 Å². The first-order chi connectivity index (χ1) is 4.04. The van der Waals surface area contributed by atoms with E-state index >= 15 is 0 Å². The molecule has 0 heterocycles. The summed E-state index contributed by atoms with van der Waals surface area (Å²) in [4.78, 5) is 19.4. The lowest BCUT2D eigenvalue weighted by Crippen LogP contribution is -2.37. The molecule has 0 aliphatic rings. The lowest BCUT2D eigenvalue weighted by molar-refractivity contribution is -0.548. The fourth-order valence-electron chi connectivity index (χ4n) is 0.213. The molecule has 0 aromatic carbocycles. The van der Waals surface area contributed by atoms with Crippen molar-refractivity contribution in [1.82, 2.24) is 5.43 Å². The summed E-state index contributed by atoms with van der Waals surface area (Å²) in [6.45, 7) is 1.19. The maximum Gasteiger partial charge on any atom is 0.331 e. The van der Waals surface area contributed by atoms with Gasteiger partial charge in [-0.2, -0.15) is 0 Å². The number of carboxylic acid groups (broad SMARTS) is 1. The van der Waals surface area contributed by atoms with Gasteiger partial charge in [0.05, 0.1) is 0 Å². The van der Waals surface area contributed by atoms with Crippen LogP contribution in [-0.2, 0) is 4.79 Å². The van der Waals surface area contributed by atoms with Gasteiger partial charge in [-0.1, -0.05) is 0 Å². The number of nitrogens with zero attached hydrogens (tertiary/aromatic N) is 1. The first-order valence-corrected chi connectivity index (χ1v) is 2.17. The molecule has 0 saturated heterocycles. The summed E-state index contributed by atoms with van der Waals surface area (Å²) in [6.07, 6.45) is 0. The lowest BCUT2D eigenvalue weighted by atomic mass is 10.4. The molecule has 0 radical (unpaired) electrons. The average molecular weight is 134 g/mol. The normalized spacial score (nSPS) is 12.1. The van der Waals surface area contributed by atoms with E-state index in [1.54, 1.807) is 5.43 Å². The van der Waals surface area contributed by atoms with E-state index in [-0.39, 0.29) is 0 Å². The Morgan fingerprint density at radius 1 is 1.89 bits per heavy atom. The molecule has 0 rings (SSSR count). The molecule has 0 saturated carbocycles. The van der Waals surface area contributed by atoms with Gasteiger partial charge < -0.3 is 5.11 Å². The number of hydrogen-bond donors (Lipinski definition) is 2. The predicted molar refractivity (Wildman–Crippen MR) is 27.2 cm³/mol. The predicted octanol–water partition coefficient (Wildman–Crippen LogP) is -0.759. The van der Waals surface area contributed by atoms with E-state index in [2.05, 4.69) is 0 Å². The second-order valence-corrected chi connectivity index (χ2v) is 1.45. The maximum atomic E-state index is 9.87. The van der Waals surface area contributed by atoms with Crippen molar-refractivity contribution < 1.29 is 14.9 Å². The van der Waals surface area contributed by atoms with Gasteiger partial charge in [-0.3, -0.25) is 0 Å². The van der Waals surface area contributed by atoms with Crippen LogP contribution in [0.1, 0.15) is 6.92 Å². The van der Waals surface area contributed by atoms with Gasteiger partial charge >= 0.3 is 5.97 Å². The monoisotopic (exact) mass is 134 g/mol. The highest BCUT2D eigenvalue weighted by Gasteiger charge is 2.14. The molecule has 0 fully saturated rings. The van der Waals surface area contributed by atoms with E-state index < -0.39 is 17.0 Å². The van der Waals surface area contributed by atoms with Crippen molar-refractivity contribution >= 4 is 5.97 Å². The summed E-state index contributed by atoms with van der Waals surface area (Å²) in [5, 5.41) is 16.7. The number of rotatable bonds is 3. The molecule has 1 atom stereocenters. The highest BCUT2D eigenvalue weighted by molar-refractivity contribution is 5.72. The van der Waals surface area contributed by atoms with E-state index in [4.69, 9.17) is 5.11 Å². The minimum Gasteiger partial charge on any atom is -0.480 e. The van der Waals surface area contributed by atoms with Crippen molar-refractivity contribution in [3.8, 4) is 0 Å². The van der Waals surface area contributed by atoms with Gasteiger partial charge in [0.1, 0.15) is 0 Å². The fourth-order valence-corrected chi connectivity index (χ4v) is 0.213. The number of carboxylic acids is 1. The van der Waals surface area contributed by atoms with Gasteiger partial charge in [0.15, 0.2) is 11.1 Å². The molecule has 9 heavy (non-hydrogen) atoms.